The van der Waals surface area contributed by atoms with Gasteiger partial charge in [-0.25, -0.2) is 4.98 Å². The average Bonchev–Trinajstić information content (AvgIpc) is 2.40. The first kappa shape index (κ1) is 19.6. The predicted octanol–water partition coefficient (Wildman–Crippen LogP) is 3.03. The lowest BCUT2D eigenvalue weighted by Crippen LogP contribution is -2.44. The Bertz CT molecular complexity index is 415. The van der Waals surface area contributed by atoms with Gasteiger partial charge in [-0.1, -0.05) is 0 Å². The topological polar surface area (TPSA) is 59.2 Å². The lowest BCUT2D eigenvalue weighted by Gasteiger charge is -2.35. The molecule has 0 bridgehead atoms. The highest BCUT2D eigenvalue weighted by atomic mass is 79.9. The van der Waals surface area contributed by atoms with Crippen LogP contribution < -0.4 is 5.73 Å². The van der Waals surface area contributed by atoms with Crippen LogP contribution in [0.1, 0.15) is 36.2 Å². The molecule has 1 atom stereocenters. The Kier molecular flexibility index (Phi) is 9.38. The number of likely N-dealkylation sites (tertiary alicyclic amines) is 1. The van der Waals surface area contributed by atoms with Crippen molar-refractivity contribution in [1.29, 1.82) is 0 Å². The fraction of sp³-hybridized carbons (Fsp3) is 0.538. The van der Waals surface area contributed by atoms with Gasteiger partial charge in [0.2, 0.25) is 0 Å². The van der Waals surface area contributed by atoms with E-state index in [0.717, 1.165) is 30.3 Å². The second kappa shape index (κ2) is 9.55. The highest BCUT2D eigenvalue weighted by Crippen LogP contribution is 2.21. The molecule has 4 nitrogen and oxygen atoms in total. The summed E-state index contributed by atoms with van der Waals surface area (Å²) in [6.45, 7) is 1.45. The number of carbonyl (C=O) groups is 1. The first-order valence-corrected chi connectivity index (χ1v) is 7.14. The van der Waals surface area contributed by atoms with Crippen molar-refractivity contribution in [2.45, 2.75) is 31.7 Å². The molecular weight excluding hydrogens is 365 g/mol. The van der Waals surface area contributed by atoms with Crippen molar-refractivity contribution in [3.63, 3.8) is 0 Å². The third kappa shape index (κ3) is 4.88. The molecule has 1 aliphatic heterocycles. The fourth-order valence-electron chi connectivity index (χ4n) is 2.41. The summed E-state index contributed by atoms with van der Waals surface area (Å²) in [6.07, 6.45) is 5.85. The van der Waals surface area contributed by atoms with Crippen LogP contribution in [-0.4, -0.2) is 34.9 Å². The Balaban J connectivity index is 0.00000180. The maximum absolute atomic E-state index is 12.4. The number of amides is 1. The van der Waals surface area contributed by atoms with Gasteiger partial charge in [-0.05, 0) is 60.3 Å². The molecule has 0 spiro atoms. The van der Waals surface area contributed by atoms with Gasteiger partial charge in [-0.15, -0.1) is 24.8 Å². The largest absolute Gasteiger partial charge is 0.334 e. The molecule has 1 aromatic rings. The van der Waals surface area contributed by atoms with E-state index in [1.165, 1.54) is 6.42 Å². The van der Waals surface area contributed by atoms with E-state index in [2.05, 4.69) is 20.9 Å². The van der Waals surface area contributed by atoms with Crippen LogP contribution in [-0.2, 0) is 0 Å². The average molecular weight is 385 g/mol. The number of hydrogen-bond acceptors (Lipinski definition) is 3. The Hall–Kier alpha value is -0.360. The Morgan fingerprint density at radius 3 is 2.75 bits per heavy atom. The first-order chi connectivity index (χ1) is 8.72. The van der Waals surface area contributed by atoms with E-state index in [9.17, 15) is 4.79 Å². The smallest absolute Gasteiger partial charge is 0.272 e. The lowest BCUT2D eigenvalue weighted by atomic mass is 9.99. The summed E-state index contributed by atoms with van der Waals surface area (Å²) in [5.74, 6) is 0.0284. The minimum Gasteiger partial charge on any atom is -0.334 e. The number of halogens is 3. The van der Waals surface area contributed by atoms with E-state index < -0.39 is 0 Å². The summed E-state index contributed by atoms with van der Waals surface area (Å²) < 4.78 is 0.885. The summed E-state index contributed by atoms with van der Waals surface area (Å²) in [7, 11) is 0. The van der Waals surface area contributed by atoms with Crippen LogP contribution in [0.4, 0.5) is 0 Å². The van der Waals surface area contributed by atoms with Crippen LogP contribution >= 0.6 is 40.7 Å². The van der Waals surface area contributed by atoms with Crippen molar-refractivity contribution in [1.82, 2.24) is 9.88 Å². The number of nitrogens with two attached hydrogens (primary N) is 1. The minimum atomic E-state index is 0. The van der Waals surface area contributed by atoms with Gasteiger partial charge in [-0.2, -0.15) is 0 Å². The molecule has 1 aromatic heterocycles. The monoisotopic (exact) mass is 383 g/mol. The third-order valence-electron chi connectivity index (χ3n) is 3.33. The Labute approximate surface area is 140 Å². The molecule has 0 saturated carbocycles. The zero-order valence-corrected chi connectivity index (χ0v) is 14.3. The Morgan fingerprint density at radius 2 is 2.15 bits per heavy atom. The molecule has 2 rings (SSSR count). The van der Waals surface area contributed by atoms with Crippen molar-refractivity contribution in [3.05, 3.63) is 28.5 Å². The number of aromatic nitrogens is 1. The third-order valence-corrected chi connectivity index (χ3v) is 3.80. The second-order valence-corrected chi connectivity index (χ2v) is 5.50. The molecule has 2 N–H and O–H groups in total. The van der Waals surface area contributed by atoms with Gasteiger partial charge in [0.15, 0.2) is 0 Å². The SMILES string of the molecule is Cl.Cl.NCCC1CCCCN1C(=O)c1ccc(Br)cn1. The maximum atomic E-state index is 12.4. The highest BCUT2D eigenvalue weighted by molar-refractivity contribution is 9.10. The fourth-order valence-corrected chi connectivity index (χ4v) is 2.64. The van der Waals surface area contributed by atoms with Crippen LogP contribution in [0.5, 0.6) is 0 Å². The number of pyridine rings is 1. The number of hydrogen-bond donors (Lipinski definition) is 1. The van der Waals surface area contributed by atoms with Crippen molar-refractivity contribution in [2.24, 2.45) is 5.73 Å². The van der Waals surface area contributed by atoms with Gasteiger partial charge in [0.05, 0.1) is 0 Å². The van der Waals surface area contributed by atoms with Gasteiger partial charge < -0.3 is 10.6 Å². The van der Waals surface area contributed by atoms with E-state index in [1.807, 2.05) is 11.0 Å². The zero-order chi connectivity index (χ0) is 13.0. The van der Waals surface area contributed by atoms with E-state index in [1.54, 1.807) is 12.3 Å². The minimum absolute atomic E-state index is 0. The molecule has 1 aliphatic rings. The highest BCUT2D eigenvalue weighted by Gasteiger charge is 2.27. The molecule has 2 heterocycles. The van der Waals surface area contributed by atoms with E-state index in [0.29, 0.717) is 12.2 Å². The molecule has 7 heteroatoms. The molecule has 1 fully saturated rings. The number of rotatable bonds is 3. The van der Waals surface area contributed by atoms with Crippen LogP contribution in [0.25, 0.3) is 0 Å². The molecule has 20 heavy (non-hydrogen) atoms. The van der Waals surface area contributed by atoms with Gasteiger partial charge >= 0.3 is 0 Å². The van der Waals surface area contributed by atoms with E-state index >= 15 is 0 Å². The van der Waals surface area contributed by atoms with Crippen LogP contribution in [0.3, 0.4) is 0 Å². The quantitative estimate of drug-likeness (QED) is 0.871. The van der Waals surface area contributed by atoms with Crippen molar-refractivity contribution >= 4 is 46.7 Å². The van der Waals surface area contributed by atoms with Gasteiger partial charge in [0.1, 0.15) is 5.69 Å². The van der Waals surface area contributed by atoms with Crippen molar-refractivity contribution in [3.8, 4) is 0 Å². The van der Waals surface area contributed by atoms with Crippen LogP contribution in [0, 0.1) is 0 Å². The summed E-state index contributed by atoms with van der Waals surface area (Å²) in [4.78, 5) is 18.5. The van der Waals surface area contributed by atoms with Crippen molar-refractivity contribution < 1.29 is 4.79 Å². The Morgan fingerprint density at radius 1 is 1.40 bits per heavy atom. The maximum Gasteiger partial charge on any atom is 0.272 e. The van der Waals surface area contributed by atoms with Gasteiger partial charge in [0, 0.05) is 23.3 Å². The first-order valence-electron chi connectivity index (χ1n) is 6.35. The zero-order valence-electron chi connectivity index (χ0n) is 11.1. The summed E-state index contributed by atoms with van der Waals surface area (Å²) in [5, 5.41) is 0. The molecular formula is C13H20BrCl2N3O. The number of carbonyl (C=O) groups excluding carboxylic acids is 1. The summed E-state index contributed by atoms with van der Waals surface area (Å²) in [6, 6.07) is 3.89. The molecule has 1 amide bonds. The van der Waals surface area contributed by atoms with E-state index in [4.69, 9.17) is 5.73 Å². The summed E-state index contributed by atoms with van der Waals surface area (Å²) in [5.41, 5.74) is 6.14. The molecule has 0 aliphatic carbocycles. The number of piperidine rings is 1. The normalized spacial score (nSPS) is 17.9. The molecule has 0 aromatic carbocycles. The van der Waals surface area contributed by atoms with E-state index in [-0.39, 0.29) is 36.8 Å². The standard InChI is InChI=1S/C13H18BrN3O.2ClH/c14-10-4-5-12(16-9-10)13(18)17-8-2-1-3-11(17)6-7-15;;/h4-5,9,11H,1-3,6-8,15H2;2*1H. The van der Waals surface area contributed by atoms with Crippen LogP contribution in [0.15, 0.2) is 22.8 Å². The van der Waals surface area contributed by atoms with Gasteiger partial charge in [-0.3, -0.25) is 4.79 Å². The molecule has 0 radical (unpaired) electrons. The molecule has 114 valence electrons. The number of nitrogens with zero attached hydrogens (tertiary/aromatic N) is 2. The summed E-state index contributed by atoms with van der Waals surface area (Å²) >= 11 is 3.32. The van der Waals surface area contributed by atoms with Crippen molar-refractivity contribution in [2.75, 3.05) is 13.1 Å². The molecule has 1 unspecified atom stereocenters. The second-order valence-electron chi connectivity index (χ2n) is 4.59. The predicted molar refractivity (Wildman–Crippen MR) is 88.8 cm³/mol. The van der Waals surface area contributed by atoms with Gasteiger partial charge in [0.25, 0.3) is 5.91 Å². The van der Waals surface area contributed by atoms with Crippen LogP contribution in [0.2, 0.25) is 0 Å². The lowest BCUT2D eigenvalue weighted by molar-refractivity contribution is 0.0599. The molecule has 1 saturated heterocycles.